The maximum absolute atomic E-state index is 5.92. The average molecular weight is 241 g/mol. The van der Waals surface area contributed by atoms with Gasteiger partial charge in [0.25, 0.3) is 0 Å². The van der Waals surface area contributed by atoms with Gasteiger partial charge in [-0.1, -0.05) is 12.8 Å². The molecule has 3 aliphatic rings. The SMILES string of the molecule is SCC1(CN2CCOC3CCCCC32)CC1. The zero-order valence-corrected chi connectivity index (χ0v) is 10.9. The van der Waals surface area contributed by atoms with Crippen LogP contribution in [0.4, 0.5) is 0 Å². The van der Waals surface area contributed by atoms with Gasteiger partial charge in [-0.05, 0) is 36.9 Å². The van der Waals surface area contributed by atoms with Crippen molar-refractivity contribution in [3.05, 3.63) is 0 Å². The highest BCUT2D eigenvalue weighted by atomic mass is 32.1. The molecule has 1 heterocycles. The van der Waals surface area contributed by atoms with Gasteiger partial charge in [-0.3, -0.25) is 4.90 Å². The average Bonchev–Trinajstić information content (AvgIpc) is 3.10. The number of hydrogen-bond donors (Lipinski definition) is 1. The van der Waals surface area contributed by atoms with Gasteiger partial charge in [0, 0.05) is 19.1 Å². The molecule has 3 fully saturated rings. The topological polar surface area (TPSA) is 12.5 Å². The number of fused-ring (bicyclic) bond motifs is 1. The van der Waals surface area contributed by atoms with Crippen molar-refractivity contribution >= 4 is 12.6 Å². The second kappa shape index (κ2) is 4.51. The van der Waals surface area contributed by atoms with Gasteiger partial charge < -0.3 is 4.74 Å². The monoisotopic (exact) mass is 241 g/mol. The van der Waals surface area contributed by atoms with E-state index in [4.69, 9.17) is 4.74 Å². The third-order valence-electron chi connectivity index (χ3n) is 4.68. The van der Waals surface area contributed by atoms with Crippen LogP contribution in [-0.2, 0) is 4.74 Å². The highest BCUT2D eigenvalue weighted by Gasteiger charge is 2.45. The molecule has 0 radical (unpaired) electrons. The summed E-state index contributed by atoms with van der Waals surface area (Å²) < 4.78 is 5.92. The van der Waals surface area contributed by atoms with Gasteiger partial charge in [-0.25, -0.2) is 0 Å². The van der Waals surface area contributed by atoms with Gasteiger partial charge in [0.05, 0.1) is 12.7 Å². The fourth-order valence-corrected chi connectivity index (χ4v) is 3.76. The molecule has 2 saturated carbocycles. The quantitative estimate of drug-likeness (QED) is 0.762. The molecule has 2 unspecified atom stereocenters. The number of rotatable bonds is 3. The third-order valence-corrected chi connectivity index (χ3v) is 5.35. The Balaban J connectivity index is 1.64. The molecular formula is C13H23NOS. The zero-order valence-electron chi connectivity index (χ0n) is 10.0. The van der Waals surface area contributed by atoms with E-state index in [0.29, 0.717) is 11.5 Å². The number of morpholine rings is 1. The zero-order chi connectivity index (χ0) is 11.0. The van der Waals surface area contributed by atoms with E-state index < -0.39 is 0 Å². The third kappa shape index (κ3) is 2.14. The van der Waals surface area contributed by atoms with Crippen LogP contribution >= 0.6 is 12.6 Å². The van der Waals surface area contributed by atoms with Crippen molar-refractivity contribution in [2.45, 2.75) is 50.7 Å². The van der Waals surface area contributed by atoms with Crippen molar-refractivity contribution in [2.75, 3.05) is 25.4 Å². The molecule has 0 aromatic rings. The minimum atomic E-state index is 0.540. The molecule has 3 heteroatoms. The summed E-state index contributed by atoms with van der Waals surface area (Å²) in [4.78, 5) is 2.72. The van der Waals surface area contributed by atoms with Gasteiger partial charge in [0.1, 0.15) is 0 Å². The Morgan fingerprint density at radius 3 is 2.81 bits per heavy atom. The van der Waals surface area contributed by atoms with Crippen molar-refractivity contribution < 1.29 is 4.74 Å². The molecule has 1 saturated heterocycles. The molecular weight excluding hydrogens is 218 g/mol. The van der Waals surface area contributed by atoms with Crippen LogP contribution in [0.15, 0.2) is 0 Å². The lowest BCUT2D eigenvalue weighted by atomic mass is 9.89. The van der Waals surface area contributed by atoms with Gasteiger partial charge in [0.2, 0.25) is 0 Å². The van der Waals surface area contributed by atoms with Gasteiger partial charge >= 0.3 is 0 Å². The Kier molecular flexibility index (Phi) is 3.20. The van der Waals surface area contributed by atoms with Crippen LogP contribution in [0.1, 0.15) is 38.5 Å². The lowest BCUT2D eigenvalue weighted by molar-refractivity contribution is -0.0924. The number of hydrogen-bond acceptors (Lipinski definition) is 3. The van der Waals surface area contributed by atoms with Crippen LogP contribution in [0.25, 0.3) is 0 Å². The predicted octanol–water partition coefficient (Wildman–Crippen LogP) is 2.34. The molecule has 0 amide bonds. The second-order valence-corrected chi connectivity index (χ2v) is 6.21. The van der Waals surface area contributed by atoms with Crippen LogP contribution in [0.5, 0.6) is 0 Å². The van der Waals surface area contributed by atoms with Crippen LogP contribution in [0.3, 0.4) is 0 Å². The van der Waals surface area contributed by atoms with E-state index >= 15 is 0 Å². The van der Waals surface area contributed by atoms with E-state index in [1.807, 2.05) is 0 Å². The van der Waals surface area contributed by atoms with Crippen molar-refractivity contribution in [1.82, 2.24) is 4.90 Å². The summed E-state index contributed by atoms with van der Waals surface area (Å²) in [5.74, 6) is 1.07. The van der Waals surface area contributed by atoms with E-state index in [9.17, 15) is 0 Å². The lowest BCUT2D eigenvalue weighted by Crippen LogP contribution is -2.54. The minimum absolute atomic E-state index is 0.540. The minimum Gasteiger partial charge on any atom is -0.375 e. The predicted molar refractivity (Wildman–Crippen MR) is 69.1 cm³/mol. The van der Waals surface area contributed by atoms with Crippen molar-refractivity contribution in [2.24, 2.45) is 5.41 Å². The first kappa shape index (κ1) is 11.4. The summed E-state index contributed by atoms with van der Waals surface area (Å²) in [5, 5.41) is 0. The van der Waals surface area contributed by atoms with Crippen molar-refractivity contribution in [3.63, 3.8) is 0 Å². The fourth-order valence-electron chi connectivity index (χ4n) is 3.35. The number of thiol groups is 1. The van der Waals surface area contributed by atoms with Gasteiger partial charge in [-0.2, -0.15) is 12.6 Å². The van der Waals surface area contributed by atoms with E-state index in [1.165, 1.54) is 45.1 Å². The molecule has 1 aliphatic heterocycles. The van der Waals surface area contributed by atoms with E-state index in [2.05, 4.69) is 17.5 Å². The van der Waals surface area contributed by atoms with Crippen molar-refractivity contribution in [1.29, 1.82) is 0 Å². The van der Waals surface area contributed by atoms with Crippen LogP contribution < -0.4 is 0 Å². The largest absolute Gasteiger partial charge is 0.375 e. The first-order chi connectivity index (χ1) is 7.83. The van der Waals surface area contributed by atoms with Gasteiger partial charge in [-0.15, -0.1) is 0 Å². The summed E-state index contributed by atoms with van der Waals surface area (Å²) in [6.45, 7) is 3.38. The van der Waals surface area contributed by atoms with Crippen LogP contribution in [0.2, 0.25) is 0 Å². The summed E-state index contributed by atoms with van der Waals surface area (Å²) in [6, 6.07) is 0.722. The Morgan fingerprint density at radius 2 is 2.06 bits per heavy atom. The molecule has 3 rings (SSSR count). The molecule has 2 nitrogen and oxygen atoms in total. The smallest absolute Gasteiger partial charge is 0.0730 e. The van der Waals surface area contributed by atoms with E-state index in [1.54, 1.807) is 0 Å². The molecule has 16 heavy (non-hydrogen) atoms. The van der Waals surface area contributed by atoms with E-state index in [0.717, 1.165) is 24.9 Å². The summed E-state index contributed by atoms with van der Waals surface area (Å²) in [6.07, 6.45) is 8.73. The molecule has 92 valence electrons. The van der Waals surface area contributed by atoms with Crippen LogP contribution in [0, 0.1) is 5.41 Å². The Bertz CT molecular complexity index is 252. The number of nitrogens with zero attached hydrogens (tertiary/aromatic N) is 1. The van der Waals surface area contributed by atoms with Crippen molar-refractivity contribution in [3.8, 4) is 0 Å². The summed E-state index contributed by atoms with van der Waals surface area (Å²) >= 11 is 4.52. The Morgan fingerprint density at radius 1 is 1.25 bits per heavy atom. The lowest BCUT2D eigenvalue weighted by Gasteiger charge is -2.45. The first-order valence-electron chi connectivity index (χ1n) is 6.80. The molecule has 2 atom stereocenters. The van der Waals surface area contributed by atoms with Crippen LogP contribution in [-0.4, -0.2) is 42.5 Å². The second-order valence-electron chi connectivity index (χ2n) is 5.89. The van der Waals surface area contributed by atoms with E-state index in [-0.39, 0.29) is 0 Å². The standard InChI is InChI=1S/C13H23NOS/c16-10-13(5-6-13)9-14-7-8-15-12-4-2-1-3-11(12)14/h11-12,16H,1-10H2. The highest BCUT2D eigenvalue weighted by Crippen LogP contribution is 2.48. The molecule has 2 aliphatic carbocycles. The maximum atomic E-state index is 5.92. The maximum Gasteiger partial charge on any atom is 0.0730 e. The summed E-state index contributed by atoms with van der Waals surface area (Å²) in [7, 11) is 0. The molecule has 0 aromatic heterocycles. The fraction of sp³-hybridized carbons (Fsp3) is 1.00. The molecule has 0 aromatic carbocycles. The molecule has 0 N–H and O–H groups in total. The summed E-state index contributed by atoms with van der Waals surface area (Å²) in [5.41, 5.74) is 0.572. The normalized spacial score (nSPS) is 38.1. The highest BCUT2D eigenvalue weighted by molar-refractivity contribution is 7.80. The Hall–Kier alpha value is 0.270. The molecule has 0 bridgehead atoms. The first-order valence-corrected chi connectivity index (χ1v) is 7.43. The van der Waals surface area contributed by atoms with Gasteiger partial charge in [0.15, 0.2) is 0 Å². The number of ether oxygens (including phenoxy) is 1. The Labute approximate surface area is 104 Å². The molecule has 0 spiro atoms.